The highest BCUT2D eigenvalue weighted by molar-refractivity contribution is 6.63. The van der Waals surface area contributed by atoms with E-state index >= 15 is 0 Å². The molecule has 2 saturated heterocycles. The van der Waals surface area contributed by atoms with Crippen molar-refractivity contribution in [1.82, 2.24) is 18.7 Å². The van der Waals surface area contributed by atoms with Gasteiger partial charge in [0.25, 0.3) is 22.6 Å². The molecule has 4 aromatic rings. The van der Waals surface area contributed by atoms with Gasteiger partial charge in [0.15, 0.2) is 12.0 Å². The Morgan fingerprint density at radius 2 is 1.20 bits per heavy atom. The van der Waals surface area contributed by atoms with Crippen LogP contribution in [0.4, 0.5) is 11.4 Å². The lowest BCUT2D eigenvalue weighted by Gasteiger charge is -2.51. The summed E-state index contributed by atoms with van der Waals surface area (Å²) in [5, 5.41) is 23.1. The number of esters is 3. The number of carbonyl (C=O) groups is 3. The van der Waals surface area contributed by atoms with Crippen molar-refractivity contribution >= 4 is 35.0 Å². The highest BCUT2D eigenvalue weighted by atomic mass is 16.8. The third-order valence-corrected chi connectivity index (χ3v) is 13.3. The summed E-state index contributed by atoms with van der Waals surface area (Å²) in [5.74, 6) is -4.96. The summed E-state index contributed by atoms with van der Waals surface area (Å²) in [7, 11) is 3.44. The SMILES string of the molecule is Cc1c(N=NC2C(=O)OC3(CCC(C(C)(C)C4CCC5(CC4)OC(=O)C(=NNc4c(C)n(C)n(-c6ccccc6)c4=O)C(=O)O5)CC3)OC2O)c(=O)n(-c2ccccc2)n1C. The number of carbonyl (C=O) groups excluding carboxylic acids is 3. The van der Waals surface area contributed by atoms with E-state index in [4.69, 9.17) is 18.9 Å². The molecule has 2 aliphatic carbocycles. The zero-order valence-electron chi connectivity index (χ0n) is 35.0. The van der Waals surface area contributed by atoms with E-state index in [1.807, 2.05) is 36.4 Å². The molecule has 2 saturated carbocycles. The second-order valence-corrected chi connectivity index (χ2v) is 17.0. The van der Waals surface area contributed by atoms with E-state index in [9.17, 15) is 29.1 Å². The fourth-order valence-electron chi connectivity index (χ4n) is 9.36. The zero-order chi connectivity index (χ0) is 43.4. The van der Waals surface area contributed by atoms with Gasteiger partial charge in [0.2, 0.25) is 11.8 Å². The van der Waals surface area contributed by atoms with Crippen molar-refractivity contribution in [2.24, 2.45) is 46.7 Å². The molecular weight excluding hydrogens is 789 g/mol. The van der Waals surface area contributed by atoms with Gasteiger partial charge >= 0.3 is 17.9 Å². The number of para-hydroxylation sites is 2. The van der Waals surface area contributed by atoms with Crippen LogP contribution in [0, 0.1) is 31.1 Å². The maximum atomic E-state index is 13.3. The number of hydrazone groups is 1. The summed E-state index contributed by atoms with van der Waals surface area (Å²) in [5.41, 5.74) is 3.46. The van der Waals surface area contributed by atoms with Gasteiger partial charge in [-0.15, -0.1) is 5.11 Å². The molecule has 18 nitrogen and oxygen atoms in total. The predicted molar refractivity (Wildman–Crippen MR) is 219 cm³/mol. The van der Waals surface area contributed by atoms with E-state index in [2.05, 4.69) is 34.6 Å². The monoisotopic (exact) mass is 838 g/mol. The molecule has 2 atom stereocenters. The van der Waals surface area contributed by atoms with Crippen LogP contribution in [0.5, 0.6) is 0 Å². The Hall–Kier alpha value is -6.14. The molecule has 2 spiro atoms. The number of nitrogens with zero attached hydrogens (tertiary/aromatic N) is 7. The quantitative estimate of drug-likeness (QED) is 0.137. The maximum Gasteiger partial charge on any atom is 0.369 e. The molecule has 2 aromatic heterocycles. The number of anilines is 1. The fourth-order valence-corrected chi connectivity index (χ4v) is 9.36. The molecule has 2 aromatic carbocycles. The van der Waals surface area contributed by atoms with E-state index in [0.29, 0.717) is 74.1 Å². The summed E-state index contributed by atoms with van der Waals surface area (Å²) in [6, 6.07) is 16.6. The molecule has 8 rings (SSSR count). The summed E-state index contributed by atoms with van der Waals surface area (Å²) < 4.78 is 29.5. The zero-order valence-corrected chi connectivity index (χ0v) is 35.0. The van der Waals surface area contributed by atoms with Crippen molar-refractivity contribution in [2.75, 3.05) is 5.43 Å². The minimum Gasteiger partial charge on any atom is -0.431 e. The Morgan fingerprint density at radius 1 is 0.705 bits per heavy atom. The fraction of sp³-hybridized carbons (Fsp3) is 0.488. The second-order valence-electron chi connectivity index (χ2n) is 17.0. The Balaban J connectivity index is 0.857. The van der Waals surface area contributed by atoms with Crippen molar-refractivity contribution in [3.05, 3.63) is 92.8 Å². The van der Waals surface area contributed by atoms with E-state index in [0.717, 1.165) is 0 Å². The Labute approximate surface area is 350 Å². The molecule has 2 aliphatic heterocycles. The number of azo groups is 1. The number of ether oxygens (including phenoxy) is 4. The van der Waals surface area contributed by atoms with Gasteiger partial charge in [-0.1, -0.05) is 50.2 Å². The van der Waals surface area contributed by atoms with Crippen molar-refractivity contribution in [3.8, 4) is 11.4 Å². The molecule has 0 bridgehead atoms. The maximum absolute atomic E-state index is 13.3. The van der Waals surface area contributed by atoms with Gasteiger partial charge in [-0.3, -0.25) is 24.4 Å². The van der Waals surface area contributed by atoms with Gasteiger partial charge in [0.05, 0.1) is 22.8 Å². The molecule has 0 radical (unpaired) electrons. The number of hydrogen-bond acceptors (Lipinski definition) is 14. The Kier molecular flexibility index (Phi) is 10.7. The average Bonchev–Trinajstić information content (AvgIpc) is 3.58. The second kappa shape index (κ2) is 15.7. The highest BCUT2D eigenvalue weighted by Crippen LogP contribution is 2.53. The molecule has 2 unspecified atom stereocenters. The van der Waals surface area contributed by atoms with Crippen LogP contribution < -0.4 is 16.5 Å². The normalized spacial score (nSPS) is 27.0. The molecule has 4 heterocycles. The van der Waals surface area contributed by atoms with Gasteiger partial charge in [0, 0.05) is 39.8 Å². The summed E-state index contributed by atoms with van der Waals surface area (Å²) >= 11 is 0. The number of nitrogens with one attached hydrogen (secondary N) is 1. The molecule has 18 heteroatoms. The van der Waals surface area contributed by atoms with Crippen molar-refractivity contribution in [1.29, 1.82) is 0 Å². The first-order valence-corrected chi connectivity index (χ1v) is 20.5. The van der Waals surface area contributed by atoms with Crippen LogP contribution >= 0.6 is 0 Å². The summed E-state index contributed by atoms with van der Waals surface area (Å²) in [6.07, 6.45) is 2.25. The van der Waals surface area contributed by atoms with Crippen molar-refractivity contribution in [2.45, 2.75) is 103 Å². The van der Waals surface area contributed by atoms with E-state index in [1.165, 1.54) is 9.36 Å². The number of rotatable bonds is 8. The lowest BCUT2D eigenvalue weighted by Crippen LogP contribution is -2.56. The summed E-state index contributed by atoms with van der Waals surface area (Å²) in [6.45, 7) is 7.82. The molecular formula is C43H50N8O10. The molecule has 4 fully saturated rings. The van der Waals surface area contributed by atoms with Crippen LogP contribution in [0.2, 0.25) is 0 Å². The Bertz CT molecular complexity index is 2510. The standard InChI is InChI=1S/C43H50N8O10/c1-25-31(35(52)50(48(25)5)29-13-9-7-10-14-29)44-46-33-37(54)58-42(59-38(33)55)21-17-27(18-22-42)41(3,4)28-19-23-43(24-20-28)60-39(56)34(40(57)61-43)47-45-32-26(2)49(6)51(36(32)53)30-15-11-8-12-16-30/h7-16,27-28,33,37,45,54H,17-24H2,1-6H3. The van der Waals surface area contributed by atoms with Gasteiger partial charge in [-0.25, -0.2) is 23.7 Å². The van der Waals surface area contributed by atoms with Crippen LogP contribution in [0.25, 0.3) is 11.4 Å². The first-order valence-electron chi connectivity index (χ1n) is 20.5. The number of aromatic nitrogens is 4. The first kappa shape index (κ1) is 41.6. The summed E-state index contributed by atoms with van der Waals surface area (Å²) in [4.78, 5) is 66.3. The lowest BCUT2D eigenvalue weighted by molar-refractivity contribution is -0.330. The molecule has 61 heavy (non-hydrogen) atoms. The molecule has 0 amide bonds. The molecule has 2 N–H and O–H groups in total. The van der Waals surface area contributed by atoms with E-state index in [-0.39, 0.29) is 28.6 Å². The van der Waals surface area contributed by atoms with Crippen LogP contribution in [0.3, 0.4) is 0 Å². The number of benzene rings is 2. The molecule has 4 aliphatic rings. The predicted octanol–water partition coefficient (Wildman–Crippen LogP) is 4.99. The number of hydrogen-bond donors (Lipinski definition) is 2. The third-order valence-electron chi connectivity index (χ3n) is 13.3. The minimum atomic E-state index is -1.62. The highest BCUT2D eigenvalue weighted by Gasteiger charge is 2.55. The van der Waals surface area contributed by atoms with Crippen LogP contribution in [-0.4, -0.2) is 71.4 Å². The van der Waals surface area contributed by atoms with Crippen LogP contribution in [-0.2, 0) is 47.4 Å². The van der Waals surface area contributed by atoms with Crippen molar-refractivity contribution in [3.63, 3.8) is 0 Å². The van der Waals surface area contributed by atoms with Gasteiger partial charge in [0.1, 0.15) is 5.69 Å². The third kappa shape index (κ3) is 7.41. The Morgan fingerprint density at radius 3 is 1.72 bits per heavy atom. The number of aliphatic hydroxyl groups excluding tert-OH is 1. The van der Waals surface area contributed by atoms with Crippen molar-refractivity contribution < 1.29 is 38.4 Å². The topological polar surface area (TPSA) is 211 Å². The lowest BCUT2D eigenvalue weighted by atomic mass is 9.60. The van der Waals surface area contributed by atoms with Crippen LogP contribution in [0.1, 0.15) is 76.6 Å². The number of aliphatic hydroxyl groups is 1. The van der Waals surface area contributed by atoms with E-state index < -0.39 is 58.6 Å². The van der Waals surface area contributed by atoms with Gasteiger partial charge < -0.3 is 24.1 Å². The average molecular weight is 839 g/mol. The largest absolute Gasteiger partial charge is 0.431 e. The van der Waals surface area contributed by atoms with E-state index in [1.54, 1.807) is 61.6 Å². The molecule has 322 valence electrons. The van der Waals surface area contributed by atoms with Gasteiger partial charge in [-0.05, 0) is 81.0 Å². The van der Waals surface area contributed by atoms with Gasteiger partial charge in [-0.2, -0.15) is 10.2 Å². The first-order chi connectivity index (χ1) is 29.0. The van der Waals surface area contributed by atoms with Crippen LogP contribution in [0.15, 0.2) is 85.6 Å². The smallest absolute Gasteiger partial charge is 0.369 e. The minimum absolute atomic E-state index is 0.0322.